The lowest BCUT2D eigenvalue weighted by atomic mass is 10.2. The second kappa shape index (κ2) is 5.45. The summed E-state index contributed by atoms with van der Waals surface area (Å²) in [4.78, 5) is 31.0. The summed E-state index contributed by atoms with van der Waals surface area (Å²) in [7, 11) is 0. The SMILES string of the molecule is NC(=O)OC(=O)OCc1ccccc1[N+](=O)[O-]. The third-order valence-corrected chi connectivity index (χ3v) is 1.72. The van der Waals surface area contributed by atoms with Gasteiger partial charge in [0.2, 0.25) is 0 Å². The number of carbonyl (C=O) groups excluding carboxylic acids is 2. The summed E-state index contributed by atoms with van der Waals surface area (Å²) < 4.78 is 8.34. The van der Waals surface area contributed by atoms with Gasteiger partial charge in [-0.3, -0.25) is 10.1 Å². The molecule has 1 amide bonds. The Labute approximate surface area is 95.1 Å². The fourth-order valence-corrected chi connectivity index (χ4v) is 1.06. The summed E-state index contributed by atoms with van der Waals surface area (Å²) in [6.07, 6.45) is -2.62. The van der Waals surface area contributed by atoms with Crippen LogP contribution in [0.25, 0.3) is 0 Å². The second-order valence-corrected chi connectivity index (χ2v) is 2.85. The summed E-state index contributed by atoms with van der Waals surface area (Å²) in [5.41, 5.74) is 4.55. The van der Waals surface area contributed by atoms with Gasteiger partial charge in [-0.25, -0.2) is 9.59 Å². The maximum Gasteiger partial charge on any atom is 0.517 e. The number of primary amides is 1. The van der Waals surface area contributed by atoms with Crippen molar-refractivity contribution in [3.05, 3.63) is 39.9 Å². The van der Waals surface area contributed by atoms with E-state index in [0.717, 1.165) is 0 Å². The van der Waals surface area contributed by atoms with Gasteiger partial charge in [0.25, 0.3) is 5.69 Å². The molecule has 0 aliphatic rings. The molecule has 0 saturated heterocycles. The highest BCUT2D eigenvalue weighted by atomic mass is 16.7. The van der Waals surface area contributed by atoms with E-state index in [9.17, 15) is 19.7 Å². The Balaban J connectivity index is 2.66. The molecule has 0 unspecified atom stereocenters. The molecule has 0 aliphatic heterocycles. The lowest BCUT2D eigenvalue weighted by molar-refractivity contribution is -0.385. The van der Waals surface area contributed by atoms with Crippen LogP contribution in [0.5, 0.6) is 0 Å². The van der Waals surface area contributed by atoms with Crippen LogP contribution in [-0.4, -0.2) is 17.2 Å². The molecular weight excluding hydrogens is 232 g/mol. The Hall–Kier alpha value is -2.64. The number of hydrogen-bond donors (Lipinski definition) is 1. The third kappa shape index (κ3) is 3.78. The van der Waals surface area contributed by atoms with Crippen molar-refractivity contribution in [2.24, 2.45) is 5.73 Å². The zero-order chi connectivity index (χ0) is 12.8. The molecule has 0 atom stereocenters. The Morgan fingerprint density at radius 2 is 2.00 bits per heavy atom. The molecule has 0 saturated carbocycles. The summed E-state index contributed by atoms with van der Waals surface area (Å²) in [6.45, 7) is -0.386. The van der Waals surface area contributed by atoms with Crippen LogP contribution in [-0.2, 0) is 16.1 Å². The van der Waals surface area contributed by atoms with Gasteiger partial charge in [-0.2, -0.15) is 0 Å². The van der Waals surface area contributed by atoms with Gasteiger partial charge >= 0.3 is 12.2 Å². The van der Waals surface area contributed by atoms with Crippen molar-refractivity contribution in [1.82, 2.24) is 0 Å². The lowest BCUT2D eigenvalue weighted by Gasteiger charge is -2.03. The zero-order valence-corrected chi connectivity index (χ0v) is 8.49. The van der Waals surface area contributed by atoms with E-state index in [-0.39, 0.29) is 17.9 Å². The van der Waals surface area contributed by atoms with E-state index in [1.807, 2.05) is 0 Å². The first-order valence-electron chi connectivity index (χ1n) is 4.37. The molecule has 1 aromatic carbocycles. The summed E-state index contributed by atoms with van der Waals surface area (Å²) >= 11 is 0. The molecule has 0 spiro atoms. The van der Waals surface area contributed by atoms with Crippen LogP contribution in [0.15, 0.2) is 24.3 Å². The second-order valence-electron chi connectivity index (χ2n) is 2.85. The summed E-state index contributed by atoms with van der Waals surface area (Å²) in [6, 6.07) is 5.70. The Bertz CT molecular complexity index is 459. The van der Waals surface area contributed by atoms with Crippen LogP contribution in [0, 0.1) is 10.1 Å². The Kier molecular flexibility index (Phi) is 3.98. The van der Waals surface area contributed by atoms with Gasteiger partial charge in [-0.05, 0) is 6.07 Å². The molecule has 90 valence electrons. The minimum absolute atomic E-state index is 0.180. The number of rotatable bonds is 3. The van der Waals surface area contributed by atoms with Crippen LogP contribution in [0.4, 0.5) is 15.3 Å². The van der Waals surface area contributed by atoms with Gasteiger partial charge in [0.1, 0.15) is 6.61 Å². The smallest absolute Gasteiger partial charge is 0.429 e. The molecular formula is C9H8N2O6. The molecule has 2 N–H and O–H groups in total. The first-order valence-corrected chi connectivity index (χ1v) is 4.37. The maximum atomic E-state index is 10.8. The first-order chi connectivity index (χ1) is 8.00. The first kappa shape index (κ1) is 12.4. The number of amides is 1. The number of ether oxygens (including phenoxy) is 2. The summed E-state index contributed by atoms with van der Waals surface area (Å²) in [5, 5.41) is 10.6. The van der Waals surface area contributed by atoms with Crippen molar-refractivity contribution >= 4 is 17.9 Å². The van der Waals surface area contributed by atoms with E-state index < -0.39 is 17.2 Å². The predicted octanol–water partition coefficient (Wildman–Crippen LogP) is 1.33. The van der Waals surface area contributed by atoms with E-state index in [4.69, 9.17) is 0 Å². The highest BCUT2D eigenvalue weighted by Gasteiger charge is 2.15. The predicted molar refractivity (Wildman–Crippen MR) is 53.9 cm³/mol. The van der Waals surface area contributed by atoms with Gasteiger partial charge in [0.05, 0.1) is 10.5 Å². The quantitative estimate of drug-likeness (QED) is 0.368. The van der Waals surface area contributed by atoms with Crippen molar-refractivity contribution < 1.29 is 24.0 Å². The van der Waals surface area contributed by atoms with Crippen molar-refractivity contribution in [3.63, 3.8) is 0 Å². The topological polar surface area (TPSA) is 122 Å². The molecule has 8 heteroatoms. The lowest BCUT2D eigenvalue weighted by Crippen LogP contribution is -2.19. The number of carbonyl (C=O) groups is 2. The number of benzene rings is 1. The number of nitro groups is 1. The largest absolute Gasteiger partial charge is 0.517 e. The van der Waals surface area contributed by atoms with Crippen molar-refractivity contribution in [2.45, 2.75) is 6.61 Å². The zero-order valence-electron chi connectivity index (χ0n) is 8.49. The normalized spacial score (nSPS) is 9.41. The number of nitro benzene ring substituents is 1. The molecule has 0 heterocycles. The molecule has 17 heavy (non-hydrogen) atoms. The van der Waals surface area contributed by atoms with E-state index in [1.165, 1.54) is 18.2 Å². The summed E-state index contributed by atoms with van der Waals surface area (Å²) in [5.74, 6) is 0. The Morgan fingerprint density at radius 1 is 1.35 bits per heavy atom. The number of para-hydroxylation sites is 1. The van der Waals surface area contributed by atoms with Gasteiger partial charge < -0.3 is 15.2 Å². The highest BCUT2D eigenvalue weighted by Crippen LogP contribution is 2.18. The minimum atomic E-state index is -1.31. The molecule has 1 aromatic rings. The minimum Gasteiger partial charge on any atom is -0.429 e. The fraction of sp³-hybridized carbons (Fsp3) is 0.111. The van der Waals surface area contributed by atoms with Crippen LogP contribution in [0.3, 0.4) is 0 Å². The number of nitrogens with zero attached hydrogens (tertiary/aromatic N) is 1. The van der Waals surface area contributed by atoms with Crippen molar-refractivity contribution in [1.29, 1.82) is 0 Å². The van der Waals surface area contributed by atoms with Crippen LogP contribution in [0.2, 0.25) is 0 Å². The average molecular weight is 240 g/mol. The van der Waals surface area contributed by atoms with Crippen molar-refractivity contribution in [2.75, 3.05) is 0 Å². The molecule has 0 fully saturated rings. The maximum absolute atomic E-state index is 10.8. The molecule has 0 aliphatic carbocycles. The van der Waals surface area contributed by atoms with Crippen LogP contribution in [0.1, 0.15) is 5.56 Å². The Morgan fingerprint density at radius 3 is 2.59 bits per heavy atom. The molecule has 0 bridgehead atoms. The monoisotopic (exact) mass is 240 g/mol. The van der Waals surface area contributed by atoms with Crippen molar-refractivity contribution in [3.8, 4) is 0 Å². The molecule has 8 nitrogen and oxygen atoms in total. The van der Waals surface area contributed by atoms with E-state index in [1.54, 1.807) is 6.07 Å². The molecule has 1 rings (SSSR count). The molecule has 0 aromatic heterocycles. The van der Waals surface area contributed by atoms with Gasteiger partial charge in [0.15, 0.2) is 0 Å². The van der Waals surface area contributed by atoms with E-state index in [2.05, 4.69) is 15.2 Å². The van der Waals surface area contributed by atoms with Crippen LogP contribution >= 0.6 is 0 Å². The third-order valence-electron chi connectivity index (χ3n) is 1.72. The highest BCUT2D eigenvalue weighted by molar-refractivity contribution is 5.79. The van der Waals surface area contributed by atoms with E-state index in [0.29, 0.717) is 0 Å². The standard InChI is InChI=1S/C9H8N2O6/c10-8(12)17-9(13)16-5-6-3-1-2-4-7(6)11(14)15/h1-4H,5H2,(H2,10,12). The van der Waals surface area contributed by atoms with Gasteiger partial charge in [-0.15, -0.1) is 0 Å². The van der Waals surface area contributed by atoms with Crippen LogP contribution < -0.4 is 5.73 Å². The van der Waals surface area contributed by atoms with Gasteiger partial charge in [-0.1, -0.05) is 12.1 Å². The number of hydrogen-bond acceptors (Lipinski definition) is 6. The fourth-order valence-electron chi connectivity index (χ4n) is 1.06. The average Bonchev–Trinajstić information content (AvgIpc) is 2.25. The van der Waals surface area contributed by atoms with E-state index >= 15 is 0 Å². The molecule has 0 radical (unpaired) electrons. The number of nitrogens with two attached hydrogens (primary N) is 1. The van der Waals surface area contributed by atoms with Gasteiger partial charge in [0, 0.05) is 6.07 Å².